The molecule has 3 aromatic rings. The SMILES string of the molecule is C=c1[nH]c(=O)/c(=C/c2ccc(-c3ccc(O)cc3)cc2)s1. The van der Waals surface area contributed by atoms with Crippen molar-refractivity contribution in [2.45, 2.75) is 0 Å². The minimum absolute atomic E-state index is 0.104. The summed E-state index contributed by atoms with van der Waals surface area (Å²) in [4.78, 5) is 14.3. The van der Waals surface area contributed by atoms with Gasteiger partial charge in [0.25, 0.3) is 5.56 Å². The second-order valence-electron chi connectivity index (χ2n) is 4.66. The first kappa shape index (κ1) is 13.4. The van der Waals surface area contributed by atoms with Crippen molar-refractivity contribution in [2.75, 3.05) is 0 Å². The highest BCUT2D eigenvalue weighted by molar-refractivity contribution is 7.07. The van der Waals surface area contributed by atoms with Gasteiger partial charge < -0.3 is 10.1 Å². The molecule has 0 amide bonds. The summed E-state index contributed by atoms with van der Waals surface area (Å²) >= 11 is 1.35. The van der Waals surface area contributed by atoms with E-state index in [4.69, 9.17) is 0 Å². The van der Waals surface area contributed by atoms with Gasteiger partial charge in [-0.3, -0.25) is 4.79 Å². The lowest BCUT2D eigenvalue weighted by Gasteiger charge is -2.02. The third-order valence-corrected chi connectivity index (χ3v) is 3.99. The van der Waals surface area contributed by atoms with Crippen molar-refractivity contribution in [3.8, 4) is 16.9 Å². The molecule has 3 rings (SSSR count). The number of H-pyrrole nitrogens is 1. The minimum Gasteiger partial charge on any atom is -0.508 e. The summed E-state index contributed by atoms with van der Waals surface area (Å²) in [5.41, 5.74) is 2.95. The Kier molecular flexibility index (Phi) is 3.46. The summed E-state index contributed by atoms with van der Waals surface area (Å²) < 4.78 is 1.31. The van der Waals surface area contributed by atoms with Crippen LogP contribution in [0.1, 0.15) is 5.56 Å². The number of phenolic OH excluding ortho intramolecular Hbond substituents is 1. The Bertz CT molecular complexity index is 919. The second kappa shape index (κ2) is 5.42. The Morgan fingerprint density at radius 1 is 1.00 bits per heavy atom. The first-order chi connectivity index (χ1) is 10.1. The molecule has 0 atom stereocenters. The Labute approximate surface area is 125 Å². The molecule has 2 aromatic carbocycles. The number of hydrogen-bond acceptors (Lipinski definition) is 3. The molecule has 4 heteroatoms. The lowest BCUT2D eigenvalue weighted by Crippen LogP contribution is -2.19. The lowest BCUT2D eigenvalue weighted by atomic mass is 10.0. The minimum atomic E-state index is -0.104. The van der Waals surface area contributed by atoms with E-state index in [1.807, 2.05) is 42.5 Å². The Balaban J connectivity index is 1.96. The van der Waals surface area contributed by atoms with E-state index in [0.29, 0.717) is 9.20 Å². The predicted octanol–water partition coefficient (Wildman–Crippen LogP) is 2.05. The molecule has 1 aromatic heterocycles. The monoisotopic (exact) mass is 295 g/mol. The molecule has 0 saturated carbocycles. The van der Waals surface area contributed by atoms with E-state index in [0.717, 1.165) is 16.7 Å². The summed E-state index contributed by atoms with van der Waals surface area (Å²) in [6.45, 7) is 3.73. The average Bonchev–Trinajstić information content (AvgIpc) is 2.79. The number of benzene rings is 2. The number of aromatic amines is 1. The van der Waals surface area contributed by atoms with Crippen LogP contribution in [0.15, 0.2) is 53.3 Å². The predicted molar refractivity (Wildman–Crippen MR) is 86.8 cm³/mol. The topological polar surface area (TPSA) is 53.1 Å². The second-order valence-corrected chi connectivity index (χ2v) is 5.79. The zero-order valence-electron chi connectivity index (χ0n) is 11.2. The number of aromatic nitrogens is 1. The molecule has 21 heavy (non-hydrogen) atoms. The smallest absolute Gasteiger partial charge is 0.266 e. The van der Waals surface area contributed by atoms with Gasteiger partial charge in [-0.05, 0) is 34.9 Å². The van der Waals surface area contributed by atoms with E-state index < -0.39 is 0 Å². The van der Waals surface area contributed by atoms with Gasteiger partial charge in [-0.2, -0.15) is 0 Å². The maximum atomic E-state index is 11.6. The summed E-state index contributed by atoms with van der Waals surface area (Å²) in [7, 11) is 0. The van der Waals surface area contributed by atoms with Crippen LogP contribution in [0.5, 0.6) is 5.75 Å². The van der Waals surface area contributed by atoms with Crippen LogP contribution >= 0.6 is 11.3 Å². The standard InChI is InChI=1S/C17H13NO2S/c1-11-18-17(20)16(21-11)10-12-2-4-13(5-3-12)14-6-8-15(19)9-7-14/h2-10,19H,1H2,(H,18,20)/b16-10-. The van der Waals surface area contributed by atoms with Gasteiger partial charge in [0.1, 0.15) is 5.75 Å². The number of hydrogen-bond donors (Lipinski definition) is 2. The van der Waals surface area contributed by atoms with Crippen molar-refractivity contribution in [3.63, 3.8) is 0 Å². The van der Waals surface area contributed by atoms with Gasteiger partial charge in [-0.25, -0.2) is 0 Å². The largest absolute Gasteiger partial charge is 0.508 e. The van der Waals surface area contributed by atoms with E-state index >= 15 is 0 Å². The molecule has 104 valence electrons. The highest BCUT2D eigenvalue weighted by Crippen LogP contribution is 2.22. The zero-order valence-corrected chi connectivity index (χ0v) is 12.0. The fourth-order valence-corrected chi connectivity index (χ4v) is 2.81. The van der Waals surface area contributed by atoms with E-state index in [2.05, 4.69) is 11.6 Å². The van der Waals surface area contributed by atoms with Gasteiger partial charge in [-0.1, -0.05) is 43.0 Å². The molecule has 3 nitrogen and oxygen atoms in total. The Morgan fingerprint density at radius 3 is 2.10 bits per heavy atom. The first-order valence-electron chi connectivity index (χ1n) is 6.41. The summed E-state index contributed by atoms with van der Waals surface area (Å²) in [5, 5.41) is 9.30. The average molecular weight is 295 g/mol. The molecular formula is C17H13NO2S. The van der Waals surface area contributed by atoms with E-state index in [1.165, 1.54) is 11.3 Å². The molecule has 0 bridgehead atoms. The number of rotatable bonds is 2. The van der Waals surface area contributed by atoms with E-state index in [9.17, 15) is 9.90 Å². The van der Waals surface area contributed by atoms with Crippen molar-refractivity contribution in [1.29, 1.82) is 0 Å². The number of thiazole rings is 1. The Hall–Kier alpha value is -2.59. The molecule has 0 aliphatic carbocycles. The van der Waals surface area contributed by atoms with Crippen molar-refractivity contribution < 1.29 is 5.11 Å². The number of aromatic hydroxyl groups is 1. The van der Waals surface area contributed by atoms with Crippen LogP contribution < -0.4 is 14.8 Å². The summed E-state index contributed by atoms with van der Waals surface area (Å²) in [5.74, 6) is 0.254. The van der Waals surface area contributed by atoms with Gasteiger partial charge in [-0.15, -0.1) is 11.3 Å². The van der Waals surface area contributed by atoms with Crippen molar-refractivity contribution in [2.24, 2.45) is 0 Å². The molecule has 1 heterocycles. The van der Waals surface area contributed by atoms with E-state index in [1.54, 1.807) is 12.1 Å². The molecule has 0 fully saturated rings. The van der Waals surface area contributed by atoms with Crippen molar-refractivity contribution in [3.05, 3.63) is 73.6 Å². The van der Waals surface area contributed by atoms with Crippen LogP contribution in [0.4, 0.5) is 0 Å². The summed E-state index contributed by atoms with van der Waals surface area (Å²) in [6, 6.07) is 15.0. The lowest BCUT2D eigenvalue weighted by molar-refractivity contribution is 0.475. The van der Waals surface area contributed by atoms with Crippen molar-refractivity contribution in [1.82, 2.24) is 4.98 Å². The Morgan fingerprint density at radius 2 is 1.57 bits per heavy atom. The highest BCUT2D eigenvalue weighted by Gasteiger charge is 1.98. The van der Waals surface area contributed by atoms with Crippen LogP contribution in [-0.2, 0) is 0 Å². The van der Waals surface area contributed by atoms with E-state index in [-0.39, 0.29) is 11.3 Å². The molecule has 0 saturated heterocycles. The molecular weight excluding hydrogens is 282 g/mol. The third kappa shape index (κ3) is 2.95. The molecule has 0 aliphatic rings. The van der Waals surface area contributed by atoms with Gasteiger partial charge >= 0.3 is 0 Å². The van der Waals surface area contributed by atoms with Gasteiger partial charge in [0.2, 0.25) is 0 Å². The number of phenols is 1. The third-order valence-electron chi connectivity index (χ3n) is 3.12. The van der Waals surface area contributed by atoms with Crippen LogP contribution in [0.2, 0.25) is 0 Å². The maximum absolute atomic E-state index is 11.6. The molecule has 2 N–H and O–H groups in total. The molecule has 0 radical (unpaired) electrons. The normalized spacial score (nSPS) is 11.7. The summed E-state index contributed by atoms with van der Waals surface area (Å²) in [6.07, 6.45) is 1.85. The van der Waals surface area contributed by atoms with Gasteiger partial charge in [0.05, 0.1) is 9.20 Å². The van der Waals surface area contributed by atoms with Gasteiger partial charge in [0, 0.05) is 0 Å². The molecule has 0 unspecified atom stereocenters. The maximum Gasteiger partial charge on any atom is 0.266 e. The first-order valence-corrected chi connectivity index (χ1v) is 7.23. The molecule has 0 aliphatic heterocycles. The van der Waals surface area contributed by atoms with Crippen molar-refractivity contribution >= 4 is 24.0 Å². The zero-order chi connectivity index (χ0) is 14.8. The fraction of sp³-hybridized carbons (Fsp3) is 0. The quantitative estimate of drug-likeness (QED) is 0.760. The molecule has 0 spiro atoms. The highest BCUT2D eigenvalue weighted by atomic mass is 32.1. The van der Waals surface area contributed by atoms with Crippen LogP contribution in [0, 0.1) is 0 Å². The number of nitrogens with one attached hydrogen (secondary N) is 1. The van der Waals surface area contributed by atoms with Crippen LogP contribution in [0.25, 0.3) is 23.8 Å². The van der Waals surface area contributed by atoms with Crippen LogP contribution in [-0.4, -0.2) is 10.1 Å². The van der Waals surface area contributed by atoms with Gasteiger partial charge in [0.15, 0.2) is 0 Å². The fourth-order valence-electron chi connectivity index (χ4n) is 2.06. The van der Waals surface area contributed by atoms with Crippen LogP contribution in [0.3, 0.4) is 0 Å².